The van der Waals surface area contributed by atoms with Gasteiger partial charge in [-0.15, -0.1) is 0 Å². The lowest BCUT2D eigenvalue weighted by Gasteiger charge is -2.38. The minimum atomic E-state index is -0.586. The van der Waals surface area contributed by atoms with Crippen LogP contribution in [0, 0.1) is 11.7 Å². The molecule has 7 heteroatoms. The number of hydrogen-bond donors (Lipinski definition) is 0. The highest BCUT2D eigenvalue weighted by Crippen LogP contribution is 2.39. The Morgan fingerprint density at radius 3 is 2.69 bits per heavy atom. The molecule has 2 heterocycles. The molecule has 2 aliphatic heterocycles. The van der Waals surface area contributed by atoms with Crippen LogP contribution in [0.4, 0.5) is 4.39 Å². The van der Waals surface area contributed by atoms with Crippen LogP contribution < -0.4 is 14.2 Å². The highest BCUT2D eigenvalue weighted by Gasteiger charge is 2.34. The van der Waals surface area contributed by atoms with E-state index in [0.717, 1.165) is 11.8 Å². The zero-order valence-electron chi connectivity index (χ0n) is 16.1. The minimum Gasteiger partial charge on any atom is -0.494 e. The standard InChI is InChI=1S/C22H22FNO5/c1-27-19-4-3-16(11-17(19)23)22(26)24-7-6-14(13-25)10-18(24)15-2-5-20-21(12-15)29-9-8-28-20/h2-5,11-14,18H,6-10H2,1H3. The van der Waals surface area contributed by atoms with E-state index in [2.05, 4.69) is 0 Å². The second-order valence-electron chi connectivity index (χ2n) is 7.19. The molecular formula is C22H22FNO5. The van der Waals surface area contributed by atoms with Crippen LogP contribution in [-0.2, 0) is 4.79 Å². The molecule has 1 fully saturated rings. The second-order valence-corrected chi connectivity index (χ2v) is 7.19. The third-order valence-corrected chi connectivity index (χ3v) is 5.45. The van der Waals surface area contributed by atoms with Crippen LogP contribution in [0.15, 0.2) is 36.4 Å². The van der Waals surface area contributed by atoms with Crippen molar-refractivity contribution in [2.75, 3.05) is 26.9 Å². The third-order valence-electron chi connectivity index (χ3n) is 5.45. The third kappa shape index (κ3) is 3.77. The molecule has 1 saturated heterocycles. The zero-order valence-corrected chi connectivity index (χ0v) is 16.1. The number of likely N-dealkylation sites (tertiary alicyclic amines) is 1. The van der Waals surface area contributed by atoms with Crippen molar-refractivity contribution in [3.8, 4) is 17.2 Å². The van der Waals surface area contributed by atoms with Gasteiger partial charge in [0.2, 0.25) is 0 Å². The van der Waals surface area contributed by atoms with Gasteiger partial charge in [0.25, 0.3) is 5.91 Å². The van der Waals surface area contributed by atoms with E-state index < -0.39 is 5.82 Å². The quantitative estimate of drug-likeness (QED) is 0.738. The molecule has 152 valence electrons. The van der Waals surface area contributed by atoms with Crippen molar-refractivity contribution >= 4 is 12.2 Å². The molecule has 2 aromatic rings. The number of benzene rings is 2. The smallest absolute Gasteiger partial charge is 0.254 e. The molecule has 0 saturated carbocycles. The number of nitrogens with zero attached hydrogens (tertiary/aromatic N) is 1. The minimum absolute atomic E-state index is 0.0876. The first-order valence-corrected chi connectivity index (χ1v) is 9.60. The average molecular weight is 399 g/mol. The van der Waals surface area contributed by atoms with Crippen molar-refractivity contribution in [3.63, 3.8) is 0 Å². The highest BCUT2D eigenvalue weighted by molar-refractivity contribution is 5.94. The van der Waals surface area contributed by atoms with Crippen molar-refractivity contribution in [3.05, 3.63) is 53.3 Å². The molecule has 1 amide bonds. The molecule has 0 aliphatic carbocycles. The van der Waals surface area contributed by atoms with E-state index in [1.165, 1.54) is 19.2 Å². The normalized spacial score (nSPS) is 20.8. The summed E-state index contributed by atoms with van der Waals surface area (Å²) in [4.78, 5) is 26.3. The van der Waals surface area contributed by atoms with Crippen molar-refractivity contribution in [1.29, 1.82) is 0 Å². The van der Waals surface area contributed by atoms with Crippen LogP contribution in [0.5, 0.6) is 17.2 Å². The number of methoxy groups -OCH3 is 1. The molecule has 2 aromatic carbocycles. The Bertz CT molecular complexity index is 931. The summed E-state index contributed by atoms with van der Waals surface area (Å²) < 4.78 is 30.3. The number of aldehydes is 1. The molecule has 29 heavy (non-hydrogen) atoms. The van der Waals surface area contributed by atoms with Crippen LogP contribution in [0.25, 0.3) is 0 Å². The molecule has 0 aromatic heterocycles. The molecule has 0 bridgehead atoms. The first kappa shape index (κ1) is 19.2. The van der Waals surface area contributed by atoms with Crippen LogP contribution in [0.2, 0.25) is 0 Å². The Morgan fingerprint density at radius 2 is 1.97 bits per heavy atom. The van der Waals surface area contributed by atoms with E-state index in [-0.39, 0.29) is 29.2 Å². The monoisotopic (exact) mass is 399 g/mol. The van der Waals surface area contributed by atoms with Gasteiger partial charge in [-0.05, 0) is 48.7 Å². The van der Waals surface area contributed by atoms with E-state index in [4.69, 9.17) is 14.2 Å². The largest absolute Gasteiger partial charge is 0.494 e. The lowest BCUT2D eigenvalue weighted by atomic mass is 9.87. The van der Waals surface area contributed by atoms with Crippen molar-refractivity contribution < 1.29 is 28.2 Å². The van der Waals surface area contributed by atoms with Gasteiger partial charge in [0.1, 0.15) is 19.5 Å². The van der Waals surface area contributed by atoms with E-state index in [0.29, 0.717) is 44.1 Å². The summed E-state index contributed by atoms with van der Waals surface area (Å²) in [7, 11) is 1.38. The van der Waals surface area contributed by atoms with E-state index in [1.54, 1.807) is 11.0 Å². The molecular weight excluding hydrogens is 377 g/mol. The molecule has 2 unspecified atom stereocenters. The second kappa shape index (κ2) is 8.11. The van der Waals surface area contributed by atoms with Crippen molar-refractivity contribution in [1.82, 2.24) is 4.90 Å². The summed E-state index contributed by atoms with van der Waals surface area (Å²) in [6.07, 6.45) is 2.03. The van der Waals surface area contributed by atoms with Gasteiger partial charge in [0.15, 0.2) is 23.1 Å². The zero-order chi connectivity index (χ0) is 20.4. The Hall–Kier alpha value is -3.09. The number of ether oxygens (including phenoxy) is 3. The van der Waals surface area contributed by atoms with Crippen molar-refractivity contribution in [2.24, 2.45) is 5.92 Å². The fourth-order valence-corrected chi connectivity index (χ4v) is 3.91. The van der Waals surface area contributed by atoms with Gasteiger partial charge >= 0.3 is 0 Å². The number of halogens is 1. The highest BCUT2D eigenvalue weighted by atomic mass is 19.1. The molecule has 0 N–H and O–H groups in total. The van der Waals surface area contributed by atoms with Gasteiger partial charge in [-0.1, -0.05) is 6.07 Å². The number of amides is 1. The van der Waals surface area contributed by atoms with Gasteiger partial charge in [-0.2, -0.15) is 0 Å². The lowest BCUT2D eigenvalue weighted by Crippen LogP contribution is -2.41. The Labute approximate surface area is 168 Å². The maximum absolute atomic E-state index is 14.1. The topological polar surface area (TPSA) is 65.1 Å². The number of carbonyl (C=O) groups is 2. The summed E-state index contributed by atoms with van der Waals surface area (Å²) in [6.45, 7) is 1.37. The Kier molecular flexibility index (Phi) is 5.38. The fraction of sp³-hybridized carbons (Fsp3) is 0.364. The molecule has 2 aliphatic rings. The summed E-state index contributed by atoms with van der Waals surface area (Å²) in [5.41, 5.74) is 1.11. The first-order valence-electron chi connectivity index (χ1n) is 9.60. The molecule has 0 radical (unpaired) electrons. The van der Waals surface area contributed by atoms with Crippen molar-refractivity contribution in [2.45, 2.75) is 18.9 Å². The number of rotatable bonds is 4. The van der Waals surface area contributed by atoms with Gasteiger partial charge in [0, 0.05) is 18.0 Å². The van der Waals surface area contributed by atoms with E-state index in [1.807, 2.05) is 18.2 Å². The van der Waals surface area contributed by atoms with Gasteiger partial charge in [-0.25, -0.2) is 4.39 Å². The number of fused-ring (bicyclic) bond motifs is 1. The molecule has 4 rings (SSSR count). The Morgan fingerprint density at radius 1 is 1.17 bits per heavy atom. The summed E-state index contributed by atoms with van der Waals surface area (Å²) in [5.74, 6) is 0.380. The predicted molar refractivity (Wildman–Crippen MR) is 103 cm³/mol. The predicted octanol–water partition coefficient (Wildman–Crippen LogP) is 3.40. The maximum atomic E-state index is 14.1. The SMILES string of the molecule is COc1ccc(C(=O)N2CCC(C=O)CC2c2ccc3c(c2)OCCO3)cc1F. The number of piperidine rings is 1. The van der Waals surface area contributed by atoms with Crippen LogP contribution in [-0.4, -0.2) is 44.0 Å². The first-order chi connectivity index (χ1) is 14.1. The van der Waals surface area contributed by atoms with Crippen LogP contribution >= 0.6 is 0 Å². The molecule has 6 nitrogen and oxygen atoms in total. The maximum Gasteiger partial charge on any atom is 0.254 e. The van der Waals surface area contributed by atoms with E-state index >= 15 is 0 Å². The Balaban J connectivity index is 1.66. The summed E-state index contributed by atoms with van der Waals surface area (Å²) >= 11 is 0. The lowest BCUT2D eigenvalue weighted by molar-refractivity contribution is -0.112. The van der Waals surface area contributed by atoms with E-state index in [9.17, 15) is 14.0 Å². The fourth-order valence-electron chi connectivity index (χ4n) is 3.91. The number of carbonyl (C=O) groups excluding carboxylic acids is 2. The van der Waals surface area contributed by atoms with Crippen LogP contribution in [0.3, 0.4) is 0 Å². The molecule has 0 spiro atoms. The van der Waals surface area contributed by atoms with Gasteiger partial charge in [0.05, 0.1) is 13.2 Å². The summed E-state index contributed by atoms with van der Waals surface area (Å²) in [6, 6.07) is 9.45. The number of hydrogen-bond acceptors (Lipinski definition) is 5. The van der Waals surface area contributed by atoms with Gasteiger partial charge < -0.3 is 23.9 Å². The van der Waals surface area contributed by atoms with Gasteiger partial charge in [-0.3, -0.25) is 4.79 Å². The average Bonchev–Trinajstić information content (AvgIpc) is 2.77. The van der Waals surface area contributed by atoms with Crippen LogP contribution in [0.1, 0.15) is 34.8 Å². The summed E-state index contributed by atoms with van der Waals surface area (Å²) in [5, 5.41) is 0. The molecule has 2 atom stereocenters.